The average molecular weight is 301 g/mol. The van der Waals surface area contributed by atoms with Crippen molar-refractivity contribution in [3.63, 3.8) is 0 Å². The minimum Gasteiger partial charge on any atom is -0.480 e. The number of likely N-dealkylation sites (N-methyl/N-ethyl adjacent to an activating group) is 1. The van der Waals surface area contributed by atoms with E-state index < -0.39 is 12.0 Å². The molecule has 1 N–H and O–H groups in total. The number of aliphatic carboxylic acids is 1. The number of ether oxygens (including phenoxy) is 2. The van der Waals surface area contributed by atoms with E-state index in [1.165, 1.54) is 0 Å². The predicted molar refractivity (Wildman–Crippen MR) is 76.4 cm³/mol. The van der Waals surface area contributed by atoms with Crippen LogP contribution in [0.15, 0.2) is 36.8 Å². The van der Waals surface area contributed by atoms with Crippen molar-refractivity contribution in [2.45, 2.75) is 12.6 Å². The number of nitrogens with zero attached hydrogens (tertiary/aromatic N) is 3. The Bertz CT molecular complexity index is 678. The number of hydrogen-bond acceptors (Lipinski definition) is 6. The second kappa shape index (κ2) is 5.98. The van der Waals surface area contributed by atoms with Crippen LogP contribution in [0.25, 0.3) is 0 Å². The van der Waals surface area contributed by atoms with E-state index in [-0.39, 0.29) is 6.79 Å². The summed E-state index contributed by atoms with van der Waals surface area (Å²) in [7, 11) is 1.73. The van der Waals surface area contributed by atoms with E-state index >= 15 is 0 Å². The Morgan fingerprint density at radius 3 is 2.91 bits per heavy atom. The second-order valence-corrected chi connectivity index (χ2v) is 4.97. The van der Waals surface area contributed by atoms with Crippen LogP contribution in [0.5, 0.6) is 11.5 Å². The van der Waals surface area contributed by atoms with Crippen molar-refractivity contribution >= 4 is 5.97 Å². The van der Waals surface area contributed by atoms with Crippen molar-refractivity contribution in [1.82, 2.24) is 14.9 Å². The Balaban J connectivity index is 1.84. The maximum absolute atomic E-state index is 11.7. The summed E-state index contributed by atoms with van der Waals surface area (Å²) < 4.78 is 10.6. The molecule has 0 bridgehead atoms. The summed E-state index contributed by atoms with van der Waals surface area (Å²) in [5, 5.41) is 9.57. The van der Waals surface area contributed by atoms with Gasteiger partial charge in [-0.25, -0.2) is 0 Å². The van der Waals surface area contributed by atoms with Gasteiger partial charge in [0.05, 0.1) is 5.69 Å². The van der Waals surface area contributed by atoms with Gasteiger partial charge in [0.15, 0.2) is 11.5 Å². The molecule has 1 aliphatic heterocycles. The van der Waals surface area contributed by atoms with Crippen molar-refractivity contribution in [3.05, 3.63) is 48.0 Å². The third kappa shape index (κ3) is 2.84. The zero-order chi connectivity index (χ0) is 15.5. The summed E-state index contributed by atoms with van der Waals surface area (Å²) >= 11 is 0. The lowest BCUT2D eigenvalue weighted by Crippen LogP contribution is -2.30. The van der Waals surface area contributed by atoms with Crippen molar-refractivity contribution in [3.8, 4) is 11.5 Å². The fourth-order valence-electron chi connectivity index (χ4n) is 2.43. The number of carboxylic acids is 1. The molecule has 0 amide bonds. The maximum Gasteiger partial charge on any atom is 0.325 e. The largest absolute Gasteiger partial charge is 0.480 e. The highest BCUT2D eigenvalue weighted by Gasteiger charge is 2.27. The zero-order valence-corrected chi connectivity index (χ0v) is 12.0. The third-order valence-corrected chi connectivity index (χ3v) is 3.42. The molecule has 3 rings (SSSR count). The normalized spacial score (nSPS) is 14.1. The number of carbonyl (C=O) groups is 1. The standard InChI is InChI=1S/C15H15N3O4/c1-18(8-11-7-16-4-5-17-11)14(15(19)20)10-2-3-12-13(6-10)22-9-21-12/h2-7,14H,8-9H2,1H3,(H,19,20)/t14-/m1/s1. The van der Waals surface area contributed by atoms with Crippen molar-refractivity contribution in [2.24, 2.45) is 0 Å². The Hall–Kier alpha value is -2.67. The first-order valence-corrected chi connectivity index (χ1v) is 6.72. The topological polar surface area (TPSA) is 84.8 Å². The molecule has 7 heteroatoms. The molecule has 0 saturated heterocycles. The molecule has 0 aliphatic carbocycles. The van der Waals surface area contributed by atoms with Gasteiger partial charge in [0.1, 0.15) is 6.04 Å². The van der Waals surface area contributed by atoms with Gasteiger partial charge in [-0.1, -0.05) is 6.07 Å². The molecule has 22 heavy (non-hydrogen) atoms. The second-order valence-electron chi connectivity index (χ2n) is 4.97. The van der Waals surface area contributed by atoms with Crippen LogP contribution in [0, 0.1) is 0 Å². The zero-order valence-electron chi connectivity index (χ0n) is 12.0. The highest BCUT2D eigenvalue weighted by molar-refractivity contribution is 5.76. The van der Waals surface area contributed by atoms with Gasteiger partial charge in [0.25, 0.3) is 0 Å². The van der Waals surface area contributed by atoms with Crippen LogP contribution < -0.4 is 9.47 Å². The molecule has 1 aromatic carbocycles. The molecule has 114 valence electrons. The summed E-state index contributed by atoms with van der Waals surface area (Å²) in [6, 6.07) is 4.36. The summed E-state index contributed by atoms with van der Waals surface area (Å²) in [6.07, 6.45) is 4.78. The minimum absolute atomic E-state index is 0.159. The smallest absolute Gasteiger partial charge is 0.325 e. The Morgan fingerprint density at radius 2 is 2.18 bits per heavy atom. The fourth-order valence-corrected chi connectivity index (χ4v) is 2.43. The van der Waals surface area contributed by atoms with Crippen molar-refractivity contribution in [2.75, 3.05) is 13.8 Å². The van der Waals surface area contributed by atoms with E-state index in [2.05, 4.69) is 9.97 Å². The van der Waals surface area contributed by atoms with Crippen molar-refractivity contribution in [1.29, 1.82) is 0 Å². The van der Waals surface area contributed by atoms with E-state index in [9.17, 15) is 9.90 Å². The molecule has 1 aromatic heterocycles. The van der Waals surface area contributed by atoms with Crippen LogP contribution >= 0.6 is 0 Å². The van der Waals surface area contributed by atoms with Gasteiger partial charge >= 0.3 is 5.97 Å². The summed E-state index contributed by atoms with van der Waals surface area (Å²) in [4.78, 5) is 21.5. The van der Waals surface area contributed by atoms with Gasteiger partial charge in [-0.3, -0.25) is 19.7 Å². The lowest BCUT2D eigenvalue weighted by atomic mass is 10.0. The highest BCUT2D eigenvalue weighted by atomic mass is 16.7. The molecule has 0 unspecified atom stereocenters. The molecule has 0 radical (unpaired) electrons. The molecule has 0 saturated carbocycles. The minimum atomic E-state index is -0.940. The first kappa shape index (κ1) is 14.3. The van der Waals surface area contributed by atoms with E-state index in [1.807, 2.05) is 0 Å². The van der Waals surface area contributed by atoms with Gasteiger partial charge in [-0.15, -0.1) is 0 Å². The molecular weight excluding hydrogens is 286 g/mol. The first-order valence-electron chi connectivity index (χ1n) is 6.72. The molecule has 7 nitrogen and oxygen atoms in total. The summed E-state index contributed by atoms with van der Waals surface area (Å²) in [6.45, 7) is 0.533. The van der Waals surface area contributed by atoms with Crippen LogP contribution in [0.1, 0.15) is 17.3 Å². The van der Waals surface area contributed by atoms with Crippen LogP contribution in [0.3, 0.4) is 0 Å². The van der Waals surface area contributed by atoms with Crippen LogP contribution in [-0.2, 0) is 11.3 Å². The van der Waals surface area contributed by atoms with E-state index in [0.717, 1.165) is 0 Å². The number of fused-ring (bicyclic) bond motifs is 1. The molecule has 0 fully saturated rings. The number of carboxylic acid groups (broad SMARTS) is 1. The number of rotatable bonds is 5. The lowest BCUT2D eigenvalue weighted by molar-refractivity contribution is -0.143. The lowest BCUT2D eigenvalue weighted by Gasteiger charge is -2.24. The SMILES string of the molecule is CN(Cc1cnccn1)[C@@H](C(=O)O)c1ccc2c(c1)OCO2. The average Bonchev–Trinajstić information content (AvgIpc) is 2.95. The fraction of sp³-hybridized carbons (Fsp3) is 0.267. The number of aromatic nitrogens is 2. The van der Waals surface area contributed by atoms with Gasteiger partial charge < -0.3 is 14.6 Å². The van der Waals surface area contributed by atoms with E-state index in [1.54, 1.807) is 48.7 Å². The highest BCUT2D eigenvalue weighted by Crippen LogP contribution is 2.35. The third-order valence-electron chi connectivity index (χ3n) is 3.42. The summed E-state index contributed by atoms with van der Waals surface area (Å²) in [5.41, 5.74) is 1.33. The quantitative estimate of drug-likeness (QED) is 0.895. The van der Waals surface area contributed by atoms with Crippen molar-refractivity contribution < 1.29 is 19.4 Å². The maximum atomic E-state index is 11.7. The van der Waals surface area contributed by atoms with E-state index in [4.69, 9.17) is 9.47 Å². The molecule has 2 aromatic rings. The van der Waals surface area contributed by atoms with Gasteiger partial charge in [0, 0.05) is 25.1 Å². The molecular formula is C15H15N3O4. The number of hydrogen-bond donors (Lipinski definition) is 1. The Labute approximate surface area is 127 Å². The van der Waals surface area contributed by atoms with E-state index in [0.29, 0.717) is 29.3 Å². The molecule has 2 heterocycles. The van der Waals surface area contributed by atoms with Crippen LogP contribution in [0.4, 0.5) is 0 Å². The van der Waals surface area contributed by atoms with Crippen LogP contribution in [0.2, 0.25) is 0 Å². The molecule has 0 spiro atoms. The Morgan fingerprint density at radius 1 is 1.36 bits per heavy atom. The van der Waals surface area contributed by atoms with Crippen LogP contribution in [-0.4, -0.2) is 39.8 Å². The molecule has 1 aliphatic rings. The Kier molecular flexibility index (Phi) is 3.88. The number of benzene rings is 1. The monoisotopic (exact) mass is 301 g/mol. The van der Waals surface area contributed by atoms with Gasteiger partial charge in [0.2, 0.25) is 6.79 Å². The predicted octanol–water partition coefficient (Wildman–Crippen LogP) is 1.46. The molecule has 1 atom stereocenters. The first-order chi connectivity index (χ1) is 10.6. The van der Waals surface area contributed by atoms with Gasteiger partial charge in [-0.05, 0) is 24.7 Å². The summed E-state index contributed by atoms with van der Waals surface area (Å²) in [5.74, 6) is 0.256. The van der Waals surface area contributed by atoms with Gasteiger partial charge in [-0.2, -0.15) is 0 Å².